The molecular weight excluding hydrogens is 464 g/mol. The van der Waals surface area contributed by atoms with Crippen LogP contribution in [0.15, 0.2) is 66.7 Å². The summed E-state index contributed by atoms with van der Waals surface area (Å²) in [6, 6.07) is 18.8. The van der Waals surface area contributed by atoms with E-state index in [4.69, 9.17) is 9.47 Å². The lowest BCUT2D eigenvalue weighted by molar-refractivity contribution is -0.0295. The summed E-state index contributed by atoms with van der Waals surface area (Å²) >= 11 is 0. The summed E-state index contributed by atoms with van der Waals surface area (Å²) in [4.78, 5) is 2.01. The Labute approximate surface area is 209 Å². The second kappa shape index (κ2) is 10.9. The summed E-state index contributed by atoms with van der Waals surface area (Å²) in [6.07, 6.45) is -0.0167. The molecule has 3 aromatic rings. The maximum Gasteiger partial charge on any atom is 0.126 e. The van der Waals surface area contributed by atoms with Crippen LogP contribution in [-0.2, 0) is 19.4 Å². The SMILES string of the molecule is O[C@H](CN(Cc1ccccc1)C[C@H](O)[C@H]1CCc2cc(F)ccc2O1)[C@@H]1CCc2cc(F)ccc2O1. The average Bonchev–Trinajstić information content (AvgIpc) is 2.88. The Morgan fingerprint density at radius 2 is 1.25 bits per heavy atom. The van der Waals surface area contributed by atoms with E-state index in [2.05, 4.69) is 0 Å². The molecule has 2 N–H and O–H groups in total. The van der Waals surface area contributed by atoms with E-state index in [0.717, 1.165) is 16.7 Å². The van der Waals surface area contributed by atoms with Crippen molar-refractivity contribution in [3.8, 4) is 11.5 Å². The van der Waals surface area contributed by atoms with E-state index in [9.17, 15) is 19.0 Å². The number of halogens is 2. The van der Waals surface area contributed by atoms with Gasteiger partial charge in [0.25, 0.3) is 0 Å². The summed E-state index contributed by atoms with van der Waals surface area (Å²) in [5.41, 5.74) is 2.68. The molecule has 0 radical (unpaired) electrons. The predicted molar refractivity (Wildman–Crippen MR) is 132 cm³/mol. The Balaban J connectivity index is 1.26. The molecule has 0 amide bonds. The summed E-state index contributed by atoms with van der Waals surface area (Å²) in [7, 11) is 0. The number of aliphatic hydroxyl groups excluding tert-OH is 2. The van der Waals surface area contributed by atoms with Gasteiger partial charge in [0.1, 0.15) is 47.5 Å². The zero-order valence-electron chi connectivity index (χ0n) is 20.0. The van der Waals surface area contributed by atoms with Crippen molar-refractivity contribution in [3.63, 3.8) is 0 Å². The summed E-state index contributed by atoms with van der Waals surface area (Å²) in [5.74, 6) is 0.619. The first kappa shape index (κ1) is 24.7. The highest BCUT2D eigenvalue weighted by Crippen LogP contribution is 2.31. The smallest absolute Gasteiger partial charge is 0.126 e. The number of hydrogen-bond acceptors (Lipinski definition) is 5. The highest BCUT2D eigenvalue weighted by Gasteiger charge is 2.32. The minimum atomic E-state index is -0.796. The van der Waals surface area contributed by atoms with Gasteiger partial charge in [0.15, 0.2) is 0 Å². The number of benzene rings is 3. The lowest BCUT2D eigenvalue weighted by atomic mass is 9.97. The zero-order chi connectivity index (χ0) is 25.1. The van der Waals surface area contributed by atoms with Crippen LogP contribution in [-0.4, -0.2) is 52.6 Å². The topological polar surface area (TPSA) is 62.2 Å². The van der Waals surface area contributed by atoms with Gasteiger partial charge >= 0.3 is 0 Å². The summed E-state index contributed by atoms with van der Waals surface area (Å²) in [5, 5.41) is 22.2. The largest absolute Gasteiger partial charge is 0.487 e. The second-order valence-corrected chi connectivity index (χ2v) is 9.71. The van der Waals surface area contributed by atoms with Crippen LogP contribution in [0.3, 0.4) is 0 Å². The third kappa shape index (κ3) is 5.86. The molecule has 0 bridgehead atoms. The number of rotatable bonds is 8. The summed E-state index contributed by atoms with van der Waals surface area (Å²) in [6.45, 7) is 1.13. The highest BCUT2D eigenvalue weighted by molar-refractivity contribution is 5.37. The van der Waals surface area contributed by atoms with Gasteiger partial charge in [0.2, 0.25) is 0 Å². The van der Waals surface area contributed by atoms with Crippen molar-refractivity contribution in [1.82, 2.24) is 4.90 Å². The molecule has 0 spiro atoms. The number of hydrogen-bond donors (Lipinski definition) is 2. The minimum absolute atomic E-state index is 0.293. The van der Waals surface area contributed by atoms with Gasteiger partial charge in [-0.15, -0.1) is 0 Å². The molecule has 5 rings (SSSR count). The molecule has 36 heavy (non-hydrogen) atoms. The fourth-order valence-electron chi connectivity index (χ4n) is 5.11. The second-order valence-electron chi connectivity index (χ2n) is 9.71. The van der Waals surface area contributed by atoms with Gasteiger partial charge in [0, 0.05) is 19.6 Å². The molecule has 5 nitrogen and oxygen atoms in total. The van der Waals surface area contributed by atoms with Crippen molar-refractivity contribution in [3.05, 3.63) is 95.1 Å². The van der Waals surface area contributed by atoms with Crippen LogP contribution in [0.5, 0.6) is 11.5 Å². The van der Waals surface area contributed by atoms with Crippen LogP contribution in [0.4, 0.5) is 8.78 Å². The van der Waals surface area contributed by atoms with E-state index in [1.165, 1.54) is 24.3 Å². The zero-order valence-corrected chi connectivity index (χ0v) is 20.0. The van der Waals surface area contributed by atoms with Crippen molar-refractivity contribution in [2.75, 3.05) is 13.1 Å². The Hall–Kier alpha value is -3.00. The fourth-order valence-corrected chi connectivity index (χ4v) is 5.11. The average molecular weight is 496 g/mol. The first-order chi connectivity index (χ1) is 17.4. The molecule has 2 aliphatic rings. The molecule has 0 saturated heterocycles. The lowest BCUT2D eigenvalue weighted by Crippen LogP contribution is -2.48. The van der Waals surface area contributed by atoms with Crippen LogP contribution in [0.25, 0.3) is 0 Å². The molecule has 2 aliphatic heterocycles. The van der Waals surface area contributed by atoms with E-state index in [1.807, 2.05) is 35.2 Å². The van der Waals surface area contributed by atoms with Gasteiger partial charge in [-0.2, -0.15) is 0 Å². The van der Waals surface area contributed by atoms with Crippen molar-refractivity contribution in [2.24, 2.45) is 0 Å². The number of nitrogens with zero attached hydrogens (tertiary/aromatic N) is 1. The van der Waals surface area contributed by atoms with Gasteiger partial charge in [0.05, 0.1) is 0 Å². The van der Waals surface area contributed by atoms with E-state index < -0.39 is 24.4 Å². The van der Waals surface area contributed by atoms with Gasteiger partial charge in [-0.25, -0.2) is 8.78 Å². The molecule has 190 valence electrons. The lowest BCUT2D eigenvalue weighted by Gasteiger charge is -2.35. The predicted octanol–water partition coefficient (Wildman–Crippen LogP) is 4.28. The van der Waals surface area contributed by atoms with E-state index in [1.54, 1.807) is 12.1 Å². The first-order valence-corrected chi connectivity index (χ1v) is 12.5. The molecule has 7 heteroatoms. The van der Waals surface area contributed by atoms with Crippen LogP contribution >= 0.6 is 0 Å². The Bertz CT molecular complexity index is 1100. The third-order valence-electron chi connectivity index (χ3n) is 7.00. The number of aliphatic hydroxyl groups is 2. The minimum Gasteiger partial charge on any atom is -0.487 e. The van der Waals surface area contributed by atoms with Gasteiger partial charge in [-0.1, -0.05) is 30.3 Å². The van der Waals surface area contributed by atoms with Crippen molar-refractivity contribution in [2.45, 2.75) is 56.6 Å². The molecule has 3 aromatic carbocycles. The Kier molecular flexibility index (Phi) is 7.51. The van der Waals surface area contributed by atoms with Gasteiger partial charge in [-0.05, 0) is 78.8 Å². The molecule has 0 aromatic heterocycles. The number of fused-ring (bicyclic) bond motifs is 2. The maximum atomic E-state index is 13.5. The quantitative estimate of drug-likeness (QED) is 0.489. The fraction of sp³-hybridized carbons (Fsp3) is 0.379. The summed E-state index contributed by atoms with van der Waals surface area (Å²) < 4.78 is 39.1. The third-order valence-corrected chi connectivity index (χ3v) is 7.00. The molecule has 2 heterocycles. The molecule has 0 aliphatic carbocycles. The van der Waals surface area contributed by atoms with Crippen LogP contribution in [0.2, 0.25) is 0 Å². The highest BCUT2D eigenvalue weighted by atomic mass is 19.1. The Morgan fingerprint density at radius 1 is 0.750 bits per heavy atom. The van der Waals surface area contributed by atoms with E-state index >= 15 is 0 Å². The number of aryl methyl sites for hydroxylation is 2. The maximum absolute atomic E-state index is 13.5. The molecule has 0 saturated carbocycles. The molecule has 0 unspecified atom stereocenters. The standard InChI is InChI=1S/C29H31F2NO4/c30-22-8-12-26-20(14-22)6-10-28(35-26)24(33)17-32(16-19-4-2-1-3-5-19)18-25(34)29-11-7-21-15-23(31)9-13-27(21)36-29/h1-5,8-9,12-15,24-25,28-29,33-34H,6-7,10-11,16-18H2/t24-,25+,28+,29-. The van der Waals surface area contributed by atoms with Crippen LogP contribution in [0.1, 0.15) is 29.5 Å². The van der Waals surface area contributed by atoms with Gasteiger partial charge in [-0.3, -0.25) is 4.90 Å². The molecule has 0 fully saturated rings. The van der Waals surface area contributed by atoms with E-state index in [-0.39, 0.29) is 11.6 Å². The van der Waals surface area contributed by atoms with Gasteiger partial charge < -0.3 is 19.7 Å². The van der Waals surface area contributed by atoms with Crippen LogP contribution < -0.4 is 9.47 Å². The number of ether oxygens (including phenoxy) is 2. The molecule has 4 atom stereocenters. The molecular formula is C29H31F2NO4. The van der Waals surface area contributed by atoms with Crippen molar-refractivity contribution in [1.29, 1.82) is 0 Å². The van der Waals surface area contributed by atoms with Crippen LogP contribution in [0, 0.1) is 11.6 Å². The Morgan fingerprint density at radius 3 is 1.75 bits per heavy atom. The monoisotopic (exact) mass is 495 g/mol. The normalized spacial score (nSPS) is 20.6. The van der Waals surface area contributed by atoms with Crippen molar-refractivity contribution >= 4 is 0 Å². The first-order valence-electron chi connectivity index (χ1n) is 12.5. The van der Waals surface area contributed by atoms with E-state index in [0.29, 0.717) is 56.8 Å². The van der Waals surface area contributed by atoms with Crippen molar-refractivity contribution < 1.29 is 28.5 Å².